The third-order valence-electron chi connectivity index (χ3n) is 3.24. The second-order valence-electron chi connectivity index (χ2n) is 4.65. The van der Waals surface area contributed by atoms with Crippen LogP contribution in [0.15, 0.2) is 12.1 Å². The highest BCUT2D eigenvalue weighted by atomic mass is 35.5. The lowest BCUT2D eigenvalue weighted by molar-refractivity contribution is -0.121. The maximum atomic E-state index is 12.0. The van der Waals surface area contributed by atoms with Gasteiger partial charge < -0.3 is 16.0 Å². The van der Waals surface area contributed by atoms with E-state index >= 15 is 0 Å². The van der Waals surface area contributed by atoms with Crippen LogP contribution in [0, 0.1) is 5.92 Å². The van der Waals surface area contributed by atoms with Crippen LogP contribution in [0.25, 0.3) is 0 Å². The maximum Gasteiger partial charge on any atom is 0.317 e. The smallest absolute Gasteiger partial charge is 0.317 e. The Balaban J connectivity index is 1.89. The molecule has 1 aliphatic rings. The molecule has 0 radical (unpaired) electrons. The summed E-state index contributed by atoms with van der Waals surface area (Å²) in [4.78, 5) is 25.7. The maximum absolute atomic E-state index is 12.0. The quantitative estimate of drug-likeness (QED) is 0.895. The molecular formula is C12H16ClN3O2S. The predicted octanol–water partition coefficient (Wildman–Crippen LogP) is 1.98. The van der Waals surface area contributed by atoms with Gasteiger partial charge in [-0.3, -0.25) is 4.79 Å². The largest absolute Gasteiger partial charge is 0.369 e. The molecule has 2 atom stereocenters. The van der Waals surface area contributed by atoms with Gasteiger partial charge in [0.15, 0.2) is 0 Å². The molecule has 3 amide bonds. The van der Waals surface area contributed by atoms with Gasteiger partial charge in [0.05, 0.1) is 16.3 Å². The van der Waals surface area contributed by atoms with Crippen molar-refractivity contribution in [2.24, 2.45) is 11.7 Å². The second-order valence-corrected chi connectivity index (χ2v) is 6.39. The summed E-state index contributed by atoms with van der Waals surface area (Å²) in [5, 5.41) is 2.90. The first-order chi connectivity index (χ1) is 8.97. The van der Waals surface area contributed by atoms with Gasteiger partial charge in [-0.05, 0) is 25.5 Å². The van der Waals surface area contributed by atoms with Gasteiger partial charge in [0.2, 0.25) is 5.91 Å². The Kier molecular flexibility index (Phi) is 4.31. The number of nitrogens with one attached hydrogen (secondary N) is 1. The monoisotopic (exact) mass is 301 g/mol. The fraction of sp³-hybridized carbons (Fsp3) is 0.500. The van der Waals surface area contributed by atoms with Gasteiger partial charge in [0.25, 0.3) is 0 Å². The van der Waals surface area contributed by atoms with Gasteiger partial charge in [-0.15, -0.1) is 11.3 Å². The van der Waals surface area contributed by atoms with Crippen LogP contribution in [-0.2, 0) is 4.79 Å². The standard InChI is InChI=1S/C12H16ClN3O2S/c1-7(9-2-3-10(13)19-9)15-12(18)16-5-4-8(6-16)11(14)17/h2-3,7-8H,4-6H2,1H3,(H2,14,17)(H,15,18)/t7-,8+/m1/s1. The zero-order chi connectivity index (χ0) is 14.0. The van der Waals surface area contributed by atoms with Crippen LogP contribution in [0.3, 0.4) is 0 Å². The van der Waals surface area contributed by atoms with Crippen LogP contribution in [0.1, 0.15) is 24.3 Å². The molecule has 0 aromatic carbocycles. The van der Waals surface area contributed by atoms with Crippen molar-refractivity contribution in [2.75, 3.05) is 13.1 Å². The fourth-order valence-electron chi connectivity index (χ4n) is 2.09. The molecule has 0 unspecified atom stereocenters. The first-order valence-electron chi connectivity index (χ1n) is 6.07. The Labute approximate surface area is 120 Å². The Hall–Kier alpha value is -1.27. The van der Waals surface area contributed by atoms with Crippen molar-refractivity contribution in [1.29, 1.82) is 0 Å². The van der Waals surface area contributed by atoms with Crippen LogP contribution in [-0.4, -0.2) is 29.9 Å². The molecule has 0 saturated carbocycles. The number of amides is 3. The minimum Gasteiger partial charge on any atom is -0.369 e. The summed E-state index contributed by atoms with van der Waals surface area (Å²) in [6, 6.07) is 3.44. The summed E-state index contributed by atoms with van der Waals surface area (Å²) in [5.41, 5.74) is 5.24. The molecule has 0 aliphatic carbocycles. The molecule has 1 saturated heterocycles. The molecule has 2 rings (SSSR count). The lowest BCUT2D eigenvalue weighted by atomic mass is 10.1. The van der Waals surface area contributed by atoms with E-state index in [1.807, 2.05) is 19.1 Å². The van der Waals surface area contributed by atoms with E-state index < -0.39 is 0 Å². The van der Waals surface area contributed by atoms with Gasteiger partial charge in [-0.2, -0.15) is 0 Å². The lowest BCUT2D eigenvalue weighted by Gasteiger charge is -2.20. The molecule has 0 bridgehead atoms. The average Bonchev–Trinajstić information content (AvgIpc) is 2.96. The molecule has 3 N–H and O–H groups in total. The Bertz CT molecular complexity index is 491. The van der Waals surface area contributed by atoms with Crippen molar-refractivity contribution in [3.8, 4) is 0 Å². The van der Waals surface area contributed by atoms with E-state index in [4.69, 9.17) is 17.3 Å². The number of primary amides is 1. The molecule has 0 spiro atoms. The summed E-state index contributed by atoms with van der Waals surface area (Å²) in [6.45, 7) is 2.87. The first-order valence-corrected chi connectivity index (χ1v) is 7.27. The molecule has 1 aromatic rings. The number of rotatable bonds is 3. The highest BCUT2D eigenvalue weighted by Crippen LogP contribution is 2.27. The van der Waals surface area contributed by atoms with Crippen molar-refractivity contribution in [2.45, 2.75) is 19.4 Å². The van der Waals surface area contributed by atoms with Gasteiger partial charge >= 0.3 is 6.03 Å². The number of nitrogens with two attached hydrogens (primary N) is 1. The van der Waals surface area contributed by atoms with E-state index in [9.17, 15) is 9.59 Å². The van der Waals surface area contributed by atoms with Crippen LogP contribution in [0.2, 0.25) is 4.34 Å². The normalized spacial score (nSPS) is 20.3. The summed E-state index contributed by atoms with van der Waals surface area (Å²) in [5.74, 6) is -0.564. The predicted molar refractivity (Wildman–Crippen MR) is 75.2 cm³/mol. The topological polar surface area (TPSA) is 75.4 Å². The molecule has 2 heterocycles. The molecule has 5 nitrogen and oxygen atoms in total. The number of urea groups is 1. The van der Waals surface area contributed by atoms with E-state index in [1.165, 1.54) is 11.3 Å². The Morgan fingerprint density at radius 3 is 2.84 bits per heavy atom. The van der Waals surface area contributed by atoms with Crippen molar-refractivity contribution in [3.63, 3.8) is 0 Å². The number of hydrogen-bond donors (Lipinski definition) is 2. The van der Waals surface area contributed by atoms with Crippen molar-refractivity contribution >= 4 is 34.9 Å². The molecule has 1 fully saturated rings. The van der Waals surface area contributed by atoms with Crippen LogP contribution >= 0.6 is 22.9 Å². The summed E-state index contributed by atoms with van der Waals surface area (Å²) in [7, 11) is 0. The van der Waals surface area contributed by atoms with E-state index in [-0.39, 0.29) is 23.9 Å². The van der Waals surface area contributed by atoms with Gasteiger partial charge in [0.1, 0.15) is 0 Å². The molecule has 19 heavy (non-hydrogen) atoms. The number of halogens is 1. The first kappa shape index (κ1) is 14.1. The molecular weight excluding hydrogens is 286 g/mol. The number of carbonyl (C=O) groups excluding carboxylic acids is 2. The zero-order valence-electron chi connectivity index (χ0n) is 10.6. The van der Waals surface area contributed by atoms with Crippen LogP contribution in [0.4, 0.5) is 4.79 Å². The fourth-order valence-corrected chi connectivity index (χ4v) is 3.15. The van der Waals surface area contributed by atoms with Crippen LogP contribution < -0.4 is 11.1 Å². The summed E-state index contributed by atoms with van der Waals surface area (Å²) >= 11 is 7.31. The second kappa shape index (κ2) is 5.79. The number of nitrogens with zero attached hydrogens (tertiary/aromatic N) is 1. The van der Waals surface area contributed by atoms with Gasteiger partial charge in [-0.25, -0.2) is 4.79 Å². The number of hydrogen-bond acceptors (Lipinski definition) is 3. The van der Waals surface area contributed by atoms with Crippen LogP contribution in [0.5, 0.6) is 0 Å². The minimum atomic E-state index is -0.339. The third-order valence-corrected chi connectivity index (χ3v) is 4.65. The van der Waals surface area contributed by atoms with Gasteiger partial charge in [0, 0.05) is 18.0 Å². The zero-order valence-corrected chi connectivity index (χ0v) is 12.1. The molecule has 104 valence electrons. The van der Waals surface area contributed by atoms with Crippen molar-refractivity contribution in [3.05, 3.63) is 21.3 Å². The summed E-state index contributed by atoms with van der Waals surface area (Å²) < 4.78 is 0.700. The summed E-state index contributed by atoms with van der Waals surface area (Å²) in [6.07, 6.45) is 0.641. The van der Waals surface area contributed by atoms with E-state index in [0.717, 1.165) is 4.88 Å². The number of thiophene rings is 1. The SMILES string of the molecule is C[C@@H](NC(=O)N1CC[C@H](C(N)=O)C1)c1ccc(Cl)s1. The highest BCUT2D eigenvalue weighted by molar-refractivity contribution is 7.16. The Morgan fingerprint density at radius 1 is 1.58 bits per heavy atom. The van der Waals surface area contributed by atoms with E-state index in [1.54, 1.807) is 4.90 Å². The van der Waals surface area contributed by atoms with Crippen molar-refractivity contribution in [1.82, 2.24) is 10.2 Å². The number of likely N-dealkylation sites (tertiary alicyclic amines) is 1. The third kappa shape index (κ3) is 3.39. The Morgan fingerprint density at radius 2 is 2.32 bits per heavy atom. The van der Waals surface area contributed by atoms with E-state index in [2.05, 4.69) is 5.32 Å². The average molecular weight is 302 g/mol. The molecule has 1 aromatic heterocycles. The highest BCUT2D eigenvalue weighted by Gasteiger charge is 2.30. The van der Waals surface area contributed by atoms with E-state index in [0.29, 0.717) is 23.8 Å². The number of carbonyl (C=O) groups is 2. The molecule has 7 heteroatoms. The minimum absolute atomic E-state index is 0.0994. The lowest BCUT2D eigenvalue weighted by Crippen LogP contribution is -2.40. The van der Waals surface area contributed by atoms with Gasteiger partial charge in [-0.1, -0.05) is 11.6 Å². The van der Waals surface area contributed by atoms with Crippen molar-refractivity contribution < 1.29 is 9.59 Å². The molecule has 1 aliphatic heterocycles.